The normalized spacial score (nSPS) is 15.3. The molecule has 1 atom stereocenters. The van der Waals surface area contributed by atoms with Gasteiger partial charge in [0.25, 0.3) is 0 Å². The van der Waals surface area contributed by atoms with Gasteiger partial charge < -0.3 is 14.8 Å². The van der Waals surface area contributed by atoms with Crippen molar-refractivity contribution in [3.63, 3.8) is 0 Å². The number of carbonyl (C=O) groups is 2. The minimum Gasteiger partial charge on any atom is -0.347 e. The molecule has 1 saturated heterocycles. The van der Waals surface area contributed by atoms with Gasteiger partial charge in [0, 0.05) is 37.1 Å². The van der Waals surface area contributed by atoms with E-state index in [0.29, 0.717) is 56.8 Å². The molecule has 6 nitrogen and oxygen atoms in total. The number of imidazole rings is 1. The van der Waals surface area contributed by atoms with Crippen LogP contribution in [0.1, 0.15) is 48.3 Å². The van der Waals surface area contributed by atoms with E-state index in [4.69, 9.17) is 11.6 Å². The summed E-state index contributed by atoms with van der Waals surface area (Å²) in [6, 6.07) is 27.7. The first kappa shape index (κ1) is 28.6. The number of carbonyl (C=O) groups excluding carboxylic acids is 2. The molecule has 1 unspecified atom stereocenters. The molecule has 2 amide bonds. The van der Waals surface area contributed by atoms with Crippen LogP contribution in [0.5, 0.6) is 0 Å². The molecule has 1 N–H and O–H groups in total. The summed E-state index contributed by atoms with van der Waals surface area (Å²) in [6.07, 6.45) is 6.47. The molecule has 1 fully saturated rings. The Bertz CT molecular complexity index is 1400. The van der Waals surface area contributed by atoms with Crippen molar-refractivity contribution in [3.05, 3.63) is 125 Å². The lowest BCUT2D eigenvalue weighted by molar-refractivity contribution is -0.150. The predicted octanol–water partition coefficient (Wildman–Crippen LogP) is 6.29. The van der Waals surface area contributed by atoms with Gasteiger partial charge in [0.15, 0.2) is 0 Å². The summed E-state index contributed by atoms with van der Waals surface area (Å²) in [6.45, 7) is 3.71. The Hall–Kier alpha value is -3.90. The van der Waals surface area contributed by atoms with Gasteiger partial charge in [-0.3, -0.25) is 9.59 Å². The largest absolute Gasteiger partial charge is 0.347 e. The Morgan fingerprint density at radius 3 is 2.17 bits per heavy atom. The number of benzene rings is 3. The number of hydrogen-bond donors (Lipinski definition) is 1. The highest BCUT2D eigenvalue weighted by Crippen LogP contribution is 2.39. The number of nitrogens with zero attached hydrogens (tertiary/aromatic N) is 3. The fraction of sp³-hybridized carbons (Fsp3) is 0.324. The quantitative estimate of drug-likeness (QED) is 0.244. The summed E-state index contributed by atoms with van der Waals surface area (Å²) in [4.78, 5) is 39.6. The van der Waals surface area contributed by atoms with E-state index < -0.39 is 5.41 Å². The van der Waals surface area contributed by atoms with Crippen LogP contribution in [0.15, 0.2) is 97.3 Å². The molecule has 1 aromatic heterocycles. The molecule has 1 aliphatic heterocycles. The van der Waals surface area contributed by atoms with Crippen molar-refractivity contribution < 1.29 is 9.59 Å². The lowest BCUT2D eigenvalue weighted by Crippen LogP contribution is -2.53. The van der Waals surface area contributed by atoms with Crippen molar-refractivity contribution in [2.24, 2.45) is 5.41 Å². The Labute approximate surface area is 247 Å². The van der Waals surface area contributed by atoms with Crippen LogP contribution < -0.4 is 0 Å². The first-order valence-corrected chi connectivity index (χ1v) is 14.7. The lowest BCUT2D eigenvalue weighted by Gasteiger charge is -2.44. The molecule has 4 aromatic rings. The van der Waals surface area contributed by atoms with Crippen LogP contribution in [0.25, 0.3) is 0 Å². The molecule has 0 bridgehead atoms. The van der Waals surface area contributed by atoms with Gasteiger partial charge in [0.1, 0.15) is 5.82 Å². The minimum absolute atomic E-state index is 0.112. The third kappa shape index (κ3) is 7.06. The fourth-order valence-corrected chi connectivity index (χ4v) is 5.98. The van der Waals surface area contributed by atoms with Crippen molar-refractivity contribution in [2.75, 3.05) is 19.6 Å². The van der Waals surface area contributed by atoms with Crippen LogP contribution in [0.4, 0.5) is 0 Å². The van der Waals surface area contributed by atoms with Crippen LogP contribution in [-0.2, 0) is 28.9 Å². The SMILES string of the molecule is CC(c1ncc[nH]1)N(CCc1ccc(Cl)cc1)C(=O)C1(Cc2ccccc2)CCN(C(=O)Cc2ccccc2)CC1. The molecular weight excluding hydrogens is 532 g/mol. The zero-order chi connectivity index (χ0) is 28.7. The molecule has 0 saturated carbocycles. The fourth-order valence-electron chi connectivity index (χ4n) is 5.85. The number of hydrogen-bond acceptors (Lipinski definition) is 3. The first-order valence-electron chi connectivity index (χ1n) is 14.3. The Kier molecular flexibility index (Phi) is 9.20. The molecule has 0 aliphatic carbocycles. The maximum absolute atomic E-state index is 14.8. The minimum atomic E-state index is -0.619. The number of piperidine rings is 1. The highest BCUT2D eigenvalue weighted by Gasteiger charge is 2.45. The molecule has 2 heterocycles. The number of nitrogens with one attached hydrogen (secondary N) is 1. The van der Waals surface area contributed by atoms with Gasteiger partial charge in [0.05, 0.1) is 17.9 Å². The molecule has 1 aliphatic rings. The molecule has 3 aromatic carbocycles. The van der Waals surface area contributed by atoms with E-state index in [1.807, 2.05) is 89.5 Å². The van der Waals surface area contributed by atoms with E-state index in [0.717, 1.165) is 22.5 Å². The highest BCUT2D eigenvalue weighted by molar-refractivity contribution is 6.30. The number of amides is 2. The molecule has 0 spiro atoms. The van der Waals surface area contributed by atoms with Crippen molar-refractivity contribution in [3.8, 4) is 0 Å². The average Bonchev–Trinajstić information content (AvgIpc) is 3.55. The van der Waals surface area contributed by atoms with Crippen molar-refractivity contribution >= 4 is 23.4 Å². The molecule has 41 heavy (non-hydrogen) atoms. The third-order valence-corrected chi connectivity index (χ3v) is 8.56. The summed E-state index contributed by atoms with van der Waals surface area (Å²) in [5.74, 6) is 0.995. The van der Waals surface area contributed by atoms with Gasteiger partial charge in [-0.15, -0.1) is 0 Å². The van der Waals surface area contributed by atoms with Crippen molar-refractivity contribution in [2.45, 2.75) is 45.1 Å². The maximum Gasteiger partial charge on any atom is 0.229 e. The Morgan fingerprint density at radius 1 is 0.927 bits per heavy atom. The van der Waals surface area contributed by atoms with Crippen molar-refractivity contribution in [1.82, 2.24) is 19.8 Å². The van der Waals surface area contributed by atoms with E-state index in [2.05, 4.69) is 22.1 Å². The van der Waals surface area contributed by atoms with Gasteiger partial charge in [0.2, 0.25) is 11.8 Å². The van der Waals surface area contributed by atoms with Gasteiger partial charge in [-0.2, -0.15) is 0 Å². The highest BCUT2D eigenvalue weighted by atomic mass is 35.5. The summed E-state index contributed by atoms with van der Waals surface area (Å²) in [5, 5.41) is 0.695. The zero-order valence-corrected chi connectivity index (χ0v) is 24.3. The van der Waals surface area contributed by atoms with Crippen LogP contribution in [-0.4, -0.2) is 51.2 Å². The van der Waals surface area contributed by atoms with Gasteiger partial charge in [-0.05, 0) is 61.4 Å². The average molecular weight is 569 g/mol. The second kappa shape index (κ2) is 13.2. The number of halogens is 1. The molecule has 0 radical (unpaired) electrons. The second-order valence-electron chi connectivity index (χ2n) is 11.0. The monoisotopic (exact) mass is 568 g/mol. The molecular formula is C34H37ClN4O2. The number of aromatic amines is 1. The topological polar surface area (TPSA) is 69.3 Å². The smallest absolute Gasteiger partial charge is 0.229 e. The van der Waals surface area contributed by atoms with Crippen LogP contribution in [0.2, 0.25) is 5.02 Å². The van der Waals surface area contributed by atoms with Gasteiger partial charge in [-0.1, -0.05) is 84.4 Å². The van der Waals surface area contributed by atoms with E-state index in [-0.39, 0.29) is 17.9 Å². The summed E-state index contributed by atoms with van der Waals surface area (Å²) in [7, 11) is 0. The zero-order valence-electron chi connectivity index (χ0n) is 23.5. The standard InChI is InChI=1S/C34H37ClN4O2/c1-26(32-36-19-20-37-32)39(21-16-27-12-14-30(35)15-13-27)33(41)34(25-29-10-6-3-7-11-29)17-22-38(23-18-34)31(40)24-28-8-4-2-5-9-28/h2-15,19-20,26H,16-18,21-25H2,1H3,(H,36,37). The second-order valence-corrected chi connectivity index (χ2v) is 11.4. The summed E-state index contributed by atoms with van der Waals surface area (Å²) >= 11 is 6.11. The maximum atomic E-state index is 14.8. The molecule has 5 rings (SSSR count). The first-order chi connectivity index (χ1) is 19.9. The number of H-pyrrole nitrogens is 1. The molecule has 212 valence electrons. The number of likely N-dealkylation sites (tertiary alicyclic amines) is 1. The van der Waals surface area contributed by atoms with E-state index in [1.54, 1.807) is 12.4 Å². The third-order valence-electron chi connectivity index (χ3n) is 8.31. The van der Waals surface area contributed by atoms with Crippen molar-refractivity contribution in [1.29, 1.82) is 0 Å². The molecule has 7 heteroatoms. The Balaban J connectivity index is 1.39. The van der Waals surface area contributed by atoms with Crippen LogP contribution in [0, 0.1) is 5.41 Å². The van der Waals surface area contributed by atoms with E-state index >= 15 is 0 Å². The van der Waals surface area contributed by atoms with E-state index in [1.165, 1.54) is 0 Å². The van der Waals surface area contributed by atoms with Gasteiger partial charge in [-0.25, -0.2) is 4.98 Å². The van der Waals surface area contributed by atoms with E-state index in [9.17, 15) is 9.59 Å². The lowest BCUT2D eigenvalue weighted by atomic mass is 9.72. The summed E-state index contributed by atoms with van der Waals surface area (Å²) < 4.78 is 0. The predicted molar refractivity (Wildman–Crippen MR) is 162 cm³/mol. The van der Waals surface area contributed by atoms with Crippen LogP contribution in [0.3, 0.4) is 0 Å². The number of aromatic nitrogens is 2. The summed E-state index contributed by atoms with van der Waals surface area (Å²) in [5.41, 5.74) is 2.65. The van der Waals surface area contributed by atoms with Gasteiger partial charge >= 0.3 is 0 Å². The van der Waals surface area contributed by atoms with Crippen LogP contribution >= 0.6 is 11.6 Å². The Morgan fingerprint density at radius 2 is 1.56 bits per heavy atom. The number of rotatable bonds is 10.